The zero-order valence-corrected chi connectivity index (χ0v) is 20.4. The monoisotopic (exact) mass is 456 g/mol. The molecule has 0 N–H and O–H groups in total. The molecule has 30 heavy (non-hydrogen) atoms. The second kappa shape index (κ2) is 14.9. The number of rotatable bonds is 14. The Kier molecular flexibility index (Phi) is 13.4. The summed E-state index contributed by atoms with van der Waals surface area (Å²) >= 11 is -2.66. The highest BCUT2D eigenvalue weighted by molar-refractivity contribution is 7.95. The molecule has 5 nitrogen and oxygen atoms in total. The molecule has 0 spiro atoms. The molecular weight excluding hydrogens is 420 g/mol. The first kappa shape index (κ1) is 27.0. The third kappa shape index (κ3) is 9.00. The predicted octanol–water partition coefficient (Wildman–Crippen LogP) is 4.73. The van der Waals surface area contributed by atoms with Crippen LogP contribution in [-0.2, 0) is 36.7 Å². The van der Waals surface area contributed by atoms with Gasteiger partial charge in [-0.15, -0.1) is 0 Å². The summed E-state index contributed by atoms with van der Waals surface area (Å²) < 4.78 is 29.1. The van der Waals surface area contributed by atoms with Crippen molar-refractivity contribution < 1.29 is 23.4 Å². The summed E-state index contributed by atoms with van der Waals surface area (Å²) in [5.74, 6) is -0.741. The van der Waals surface area contributed by atoms with E-state index in [0.717, 1.165) is 25.7 Å². The minimum Gasteiger partial charge on any atom is -0.612 e. The molecule has 0 radical (unpaired) electrons. The first-order valence-electron chi connectivity index (χ1n) is 10.7. The molecule has 3 unspecified atom stereocenters. The van der Waals surface area contributed by atoms with E-state index in [1.54, 1.807) is 12.3 Å². The fraction of sp³-hybridized carbons (Fsp3) is 0.652. The molecule has 0 saturated heterocycles. The summed E-state index contributed by atoms with van der Waals surface area (Å²) in [6.45, 7) is 2.18. The van der Waals surface area contributed by atoms with Gasteiger partial charge >= 0.3 is 5.97 Å². The first-order valence-corrected chi connectivity index (χ1v) is 13.8. The van der Waals surface area contributed by atoms with Crippen LogP contribution < -0.4 is 0 Å². The number of unbranched alkanes of at least 4 members (excludes halogenated alkanes) is 6. The maximum Gasteiger partial charge on any atom is 0.305 e. The lowest BCUT2D eigenvalue weighted by Crippen LogP contribution is -2.16. The van der Waals surface area contributed by atoms with E-state index in [1.165, 1.54) is 32.6 Å². The van der Waals surface area contributed by atoms with Crippen molar-refractivity contribution >= 4 is 34.1 Å². The number of hydrogen-bond donors (Lipinski definition) is 0. The van der Waals surface area contributed by atoms with Crippen molar-refractivity contribution in [1.82, 2.24) is 0 Å². The quantitative estimate of drug-likeness (QED) is 0.124. The molecular formula is C23H36O5S2. The van der Waals surface area contributed by atoms with Gasteiger partial charge in [-0.05, 0) is 54.1 Å². The van der Waals surface area contributed by atoms with Crippen LogP contribution in [0.4, 0.5) is 0 Å². The van der Waals surface area contributed by atoms with E-state index in [9.17, 15) is 18.7 Å². The number of ketones is 1. The smallest absolute Gasteiger partial charge is 0.305 e. The molecule has 0 fully saturated rings. The Morgan fingerprint density at radius 3 is 2.37 bits per heavy atom. The molecule has 0 aromatic heterocycles. The second-order valence-electron chi connectivity index (χ2n) is 7.55. The third-order valence-corrected chi connectivity index (χ3v) is 7.23. The molecule has 0 aromatic carbocycles. The topological polar surface area (TPSA) is 89.5 Å². The predicted molar refractivity (Wildman–Crippen MR) is 125 cm³/mol. The Labute approximate surface area is 187 Å². The number of esters is 1. The van der Waals surface area contributed by atoms with Gasteiger partial charge < -0.3 is 13.8 Å². The van der Waals surface area contributed by atoms with Crippen LogP contribution in [0.2, 0.25) is 0 Å². The number of allylic oxidation sites excluding steroid dienone is 6. The lowest BCUT2D eigenvalue weighted by molar-refractivity contribution is -0.140. The number of carbonyl (C=O) groups is 2. The van der Waals surface area contributed by atoms with Crippen molar-refractivity contribution in [3.8, 4) is 0 Å². The second-order valence-corrected chi connectivity index (χ2v) is 10.3. The van der Waals surface area contributed by atoms with Gasteiger partial charge in [-0.3, -0.25) is 9.59 Å². The Morgan fingerprint density at radius 2 is 1.77 bits per heavy atom. The van der Waals surface area contributed by atoms with E-state index in [2.05, 4.69) is 17.7 Å². The molecule has 0 aliphatic heterocycles. The summed E-state index contributed by atoms with van der Waals surface area (Å²) in [5, 5.41) is 0. The standard InChI is InChI=1S/C23H36O5S2/c1-5-6-7-8-9-11-14-18-17-20(30(4)27)23(25)22(18)19(29(3)26)15-12-10-13-16-21(24)28-2/h11,14,17-18H,5-10,12-13,15-16H2,1-4H3/b14-11+,22-19+. The summed E-state index contributed by atoms with van der Waals surface area (Å²) in [7, 11) is 1.37. The Balaban J connectivity index is 2.90. The highest BCUT2D eigenvalue weighted by Crippen LogP contribution is 2.36. The molecule has 0 saturated carbocycles. The van der Waals surface area contributed by atoms with Crippen molar-refractivity contribution in [1.29, 1.82) is 0 Å². The number of ether oxygens (including phenoxy) is 1. The van der Waals surface area contributed by atoms with Gasteiger partial charge in [-0.25, -0.2) is 0 Å². The van der Waals surface area contributed by atoms with E-state index < -0.39 is 22.4 Å². The van der Waals surface area contributed by atoms with Crippen LogP contribution in [-0.4, -0.2) is 40.5 Å². The van der Waals surface area contributed by atoms with Gasteiger partial charge in [0.25, 0.3) is 0 Å². The van der Waals surface area contributed by atoms with Crippen LogP contribution in [0.1, 0.15) is 71.1 Å². The fourth-order valence-corrected chi connectivity index (χ4v) is 5.18. The molecule has 0 aromatic rings. The molecule has 0 amide bonds. The number of carbonyl (C=O) groups excluding carboxylic acids is 2. The third-order valence-electron chi connectivity index (χ3n) is 5.17. The molecule has 170 valence electrons. The van der Waals surface area contributed by atoms with Gasteiger partial charge in [0.05, 0.1) is 12.7 Å². The number of Topliss-reactive ketones (excluding diaryl/α,β-unsaturated/α-hetero) is 1. The minimum absolute atomic E-state index is 0.234. The van der Waals surface area contributed by atoms with Crippen molar-refractivity contribution in [2.75, 3.05) is 19.6 Å². The minimum atomic E-state index is -1.38. The largest absolute Gasteiger partial charge is 0.612 e. The van der Waals surface area contributed by atoms with E-state index in [1.807, 2.05) is 6.08 Å². The van der Waals surface area contributed by atoms with Gasteiger partial charge in [0.1, 0.15) is 17.4 Å². The Hall–Kier alpha value is -1.02. The van der Waals surface area contributed by atoms with Gasteiger partial charge in [0.2, 0.25) is 5.78 Å². The van der Waals surface area contributed by atoms with E-state index >= 15 is 0 Å². The molecule has 3 atom stereocenters. The summed E-state index contributed by atoms with van der Waals surface area (Å²) in [5.41, 5.74) is 0.527. The van der Waals surface area contributed by atoms with Crippen LogP contribution in [0.25, 0.3) is 0 Å². The fourth-order valence-electron chi connectivity index (χ4n) is 3.50. The SMILES string of the molecule is CCCCCC/C=C/C1C=C([S+](C)[O-])C(=O)/C1=C(\CCCCCC(=O)OC)[S+](C)[O-]. The van der Waals surface area contributed by atoms with E-state index in [0.29, 0.717) is 34.6 Å². The molecule has 0 heterocycles. The summed E-state index contributed by atoms with van der Waals surface area (Å²) in [6.07, 6.45) is 17.7. The normalized spacial score (nSPS) is 20.4. The zero-order valence-electron chi connectivity index (χ0n) is 18.7. The van der Waals surface area contributed by atoms with Crippen LogP contribution >= 0.6 is 0 Å². The van der Waals surface area contributed by atoms with Crippen molar-refractivity contribution in [2.45, 2.75) is 71.1 Å². The van der Waals surface area contributed by atoms with E-state index in [-0.39, 0.29) is 17.7 Å². The maximum atomic E-state index is 12.9. The Morgan fingerprint density at radius 1 is 1.10 bits per heavy atom. The maximum absolute atomic E-state index is 12.9. The van der Waals surface area contributed by atoms with Gasteiger partial charge in [-0.1, -0.05) is 44.8 Å². The van der Waals surface area contributed by atoms with Crippen LogP contribution in [0.15, 0.2) is 33.6 Å². The molecule has 0 bridgehead atoms. The first-order chi connectivity index (χ1) is 14.3. The van der Waals surface area contributed by atoms with Gasteiger partial charge in [-0.2, -0.15) is 0 Å². The zero-order chi connectivity index (χ0) is 22.5. The highest BCUT2D eigenvalue weighted by atomic mass is 32.2. The van der Waals surface area contributed by atoms with Gasteiger partial charge in [0, 0.05) is 18.8 Å². The van der Waals surface area contributed by atoms with Gasteiger partial charge in [0.15, 0.2) is 4.91 Å². The highest BCUT2D eigenvalue weighted by Gasteiger charge is 2.39. The molecule has 1 rings (SSSR count). The van der Waals surface area contributed by atoms with Crippen molar-refractivity contribution in [3.63, 3.8) is 0 Å². The summed E-state index contributed by atoms with van der Waals surface area (Å²) in [6, 6.07) is 0. The van der Waals surface area contributed by atoms with E-state index in [4.69, 9.17) is 0 Å². The lowest BCUT2D eigenvalue weighted by atomic mass is 9.98. The van der Waals surface area contributed by atoms with Crippen LogP contribution in [0.3, 0.4) is 0 Å². The van der Waals surface area contributed by atoms with Crippen LogP contribution in [0, 0.1) is 5.92 Å². The lowest BCUT2D eigenvalue weighted by Gasteiger charge is -2.15. The summed E-state index contributed by atoms with van der Waals surface area (Å²) in [4.78, 5) is 25.1. The number of methoxy groups -OCH3 is 1. The van der Waals surface area contributed by atoms with Crippen molar-refractivity contribution in [2.24, 2.45) is 5.92 Å². The van der Waals surface area contributed by atoms with Crippen molar-refractivity contribution in [3.05, 3.63) is 33.6 Å². The number of hydrogen-bond acceptors (Lipinski definition) is 5. The average molecular weight is 457 g/mol. The molecule has 7 heteroatoms. The molecule has 1 aliphatic rings. The Bertz CT molecular complexity index is 650. The average Bonchev–Trinajstić information content (AvgIpc) is 3.03. The van der Waals surface area contributed by atoms with Crippen LogP contribution in [0.5, 0.6) is 0 Å². The molecule has 1 aliphatic carbocycles.